The number of cyclic esters (lactones) is 5. The molecule has 0 saturated carbocycles. The summed E-state index contributed by atoms with van der Waals surface area (Å²) < 4.78 is 30.3. The fourth-order valence-electron chi connectivity index (χ4n) is 9.44. The van der Waals surface area contributed by atoms with E-state index in [1.807, 2.05) is 69.2 Å². The highest BCUT2D eigenvalue weighted by Crippen LogP contribution is 2.28. The zero-order valence-electron chi connectivity index (χ0n) is 53.4. The highest BCUT2D eigenvalue weighted by atomic mass is 16.6. The number of carbonyl (C=O) groups excluding carboxylic acids is 10. The van der Waals surface area contributed by atoms with E-state index in [-0.39, 0.29) is 61.7 Å². The fourth-order valence-corrected chi connectivity index (χ4v) is 9.44. The lowest BCUT2D eigenvalue weighted by atomic mass is 9.98. The molecule has 20 nitrogen and oxygen atoms in total. The summed E-state index contributed by atoms with van der Waals surface area (Å²) in [7, 11) is 6.93. The zero-order chi connectivity index (χ0) is 62.3. The molecule has 1 fully saturated rings. The van der Waals surface area contributed by atoms with Crippen LogP contribution in [0.3, 0.4) is 0 Å². The van der Waals surface area contributed by atoms with Gasteiger partial charge in [-0.2, -0.15) is 0 Å². The fraction of sp³-hybridized carbons (Fsp3) is 0.833. The van der Waals surface area contributed by atoms with Gasteiger partial charge in [0.15, 0.2) is 30.5 Å². The number of hydrogen-bond acceptors (Lipinski definition) is 15. The number of amides is 5. The summed E-state index contributed by atoms with van der Waals surface area (Å²) in [4.78, 5) is 152. The smallest absolute Gasteiger partial charge is 0.329 e. The molecule has 1 aliphatic rings. The van der Waals surface area contributed by atoms with Gasteiger partial charge in [-0.05, 0) is 91.3 Å². The summed E-state index contributed by atoms with van der Waals surface area (Å²) in [5.74, 6) is -12.5. The molecule has 0 unspecified atom stereocenters. The van der Waals surface area contributed by atoms with Crippen LogP contribution in [0.4, 0.5) is 0 Å². The summed E-state index contributed by atoms with van der Waals surface area (Å²) in [6.07, 6.45) is -6.95. The van der Waals surface area contributed by atoms with Crippen molar-refractivity contribution in [1.82, 2.24) is 24.5 Å². The van der Waals surface area contributed by atoms with E-state index in [9.17, 15) is 47.9 Å². The molecular weight excluding hydrogens is 1030 g/mol. The molecule has 0 aromatic carbocycles. The van der Waals surface area contributed by atoms with Crippen LogP contribution in [-0.4, -0.2) is 180 Å². The Labute approximate surface area is 479 Å². The van der Waals surface area contributed by atoms with Crippen molar-refractivity contribution < 1.29 is 71.6 Å². The van der Waals surface area contributed by atoms with E-state index in [0.717, 1.165) is 24.5 Å². The highest BCUT2D eigenvalue weighted by molar-refractivity contribution is 5.95. The van der Waals surface area contributed by atoms with Crippen molar-refractivity contribution in [3.8, 4) is 0 Å². The minimum Gasteiger partial charge on any atom is -0.450 e. The second-order valence-corrected chi connectivity index (χ2v) is 26.0. The highest BCUT2D eigenvalue weighted by Gasteiger charge is 2.46. The molecule has 1 aliphatic heterocycles. The summed E-state index contributed by atoms with van der Waals surface area (Å²) >= 11 is 0. The molecule has 0 spiro atoms. The standard InChI is InChI=1S/C60H105N5O15/c1-31(2)26-41-56(71)76-47(37(13)14)52(67)62(22)43(28-33(5)6)58(73)78-49(39(17)18)54(69)64(24)45(30-35(9)10)60(75)80-50(40(19)20)55(70)65(25)44(29-34(7)8)59(74)79-48(38(15)16)53(68)63(23)42(27-32(3)4)57(72)77-46(36(11)12)51(66)61(41)21/h31-50H,26-30H2,1-25H3/t41-,42-,43-,44+,45+,46-,47-,48-,49+,50-/m1/s1. The van der Waals surface area contributed by atoms with Gasteiger partial charge in [0.2, 0.25) is 0 Å². The van der Waals surface area contributed by atoms with Gasteiger partial charge in [-0.25, -0.2) is 24.0 Å². The van der Waals surface area contributed by atoms with Gasteiger partial charge in [0.25, 0.3) is 29.5 Å². The molecule has 0 aromatic heterocycles. The Morgan fingerprint density at radius 3 is 0.450 bits per heavy atom. The number of rotatable bonds is 15. The van der Waals surface area contributed by atoms with Crippen LogP contribution in [0.2, 0.25) is 0 Å². The summed E-state index contributed by atoms with van der Waals surface area (Å²) in [6, 6.07) is -6.42. The molecular formula is C60H105N5O15. The van der Waals surface area contributed by atoms with Crippen LogP contribution in [0.25, 0.3) is 0 Å². The second kappa shape index (κ2) is 32.4. The van der Waals surface area contributed by atoms with Crippen LogP contribution in [-0.2, 0) is 71.6 Å². The lowest BCUT2D eigenvalue weighted by Gasteiger charge is -2.37. The Balaban J connectivity index is 4.40. The van der Waals surface area contributed by atoms with E-state index in [0.29, 0.717) is 0 Å². The minimum atomic E-state index is -1.47. The van der Waals surface area contributed by atoms with E-state index >= 15 is 0 Å². The van der Waals surface area contributed by atoms with Gasteiger partial charge in [0.05, 0.1) is 0 Å². The lowest BCUT2D eigenvalue weighted by molar-refractivity contribution is -0.180. The van der Waals surface area contributed by atoms with Gasteiger partial charge in [-0.1, -0.05) is 138 Å². The number of esters is 5. The largest absolute Gasteiger partial charge is 0.450 e. The number of ether oxygens (including phenoxy) is 5. The van der Waals surface area contributed by atoms with Crippen molar-refractivity contribution >= 4 is 59.4 Å². The van der Waals surface area contributed by atoms with Gasteiger partial charge in [0.1, 0.15) is 30.2 Å². The van der Waals surface area contributed by atoms with E-state index in [1.165, 1.54) is 35.2 Å². The van der Waals surface area contributed by atoms with Gasteiger partial charge in [-0.3, -0.25) is 24.0 Å². The monoisotopic (exact) mass is 1140 g/mol. The Morgan fingerprint density at radius 2 is 0.362 bits per heavy atom. The van der Waals surface area contributed by atoms with Gasteiger partial charge < -0.3 is 48.2 Å². The molecule has 0 aromatic rings. The molecule has 1 heterocycles. The minimum absolute atomic E-state index is 0.0780. The van der Waals surface area contributed by atoms with E-state index in [4.69, 9.17) is 23.7 Å². The molecule has 5 amide bonds. The molecule has 1 saturated heterocycles. The first-order chi connectivity index (χ1) is 36.7. The van der Waals surface area contributed by atoms with E-state index in [1.54, 1.807) is 69.2 Å². The number of hydrogen-bond donors (Lipinski definition) is 0. The van der Waals surface area contributed by atoms with Crippen molar-refractivity contribution in [2.45, 2.75) is 231 Å². The van der Waals surface area contributed by atoms with Crippen molar-refractivity contribution in [1.29, 1.82) is 0 Å². The maximum atomic E-state index is 14.7. The van der Waals surface area contributed by atoms with Crippen LogP contribution in [0, 0.1) is 59.2 Å². The third-order valence-electron chi connectivity index (χ3n) is 14.4. The van der Waals surface area contributed by atoms with Crippen LogP contribution in [0.1, 0.15) is 171 Å². The Hall–Kier alpha value is -5.30. The average Bonchev–Trinajstić information content (AvgIpc) is 3.34. The van der Waals surface area contributed by atoms with Gasteiger partial charge in [0, 0.05) is 35.2 Å². The van der Waals surface area contributed by atoms with Gasteiger partial charge in [-0.15, -0.1) is 0 Å². The Kier molecular flexibility index (Phi) is 29.4. The molecule has 1 rings (SSSR count). The quantitative estimate of drug-likeness (QED) is 0.116. The predicted octanol–water partition coefficient (Wildman–Crippen LogP) is 7.20. The van der Waals surface area contributed by atoms with Crippen LogP contribution in [0.5, 0.6) is 0 Å². The first kappa shape index (κ1) is 72.7. The Bertz CT molecular complexity index is 1770. The Morgan fingerprint density at radius 1 is 0.250 bits per heavy atom. The predicted molar refractivity (Wildman–Crippen MR) is 304 cm³/mol. The molecule has 0 radical (unpaired) electrons. The summed E-state index contributed by atoms with van der Waals surface area (Å²) in [6.45, 7) is 35.0. The zero-order valence-corrected chi connectivity index (χ0v) is 53.4. The van der Waals surface area contributed by atoms with Gasteiger partial charge >= 0.3 is 29.8 Å². The molecule has 0 aliphatic carbocycles. The van der Waals surface area contributed by atoms with Crippen molar-refractivity contribution in [2.75, 3.05) is 35.2 Å². The molecule has 10 atom stereocenters. The molecule has 20 heteroatoms. The summed E-state index contributed by atoms with van der Waals surface area (Å²) in [5, 5.41) is 0. The van der Waals surface area contributed by atoms with E-state index < -0.39 is 150 Å². The molecule has 460 valence electrons. The number of nitrogens with zero attached hydrogens (tertiary/aromatic N) is 5. The van der Waals surface area contributed by atoms with Crippen molar-refractivity contribution in [3.63, 3.8) is 0 Å². The van der Waals surface area contributed by atoms with Crippen LogP contribution in [0.15, 0.2) is 0 Å². The normalized spacial score (nSPS) is 26.6. The molecule has 0 bridgehead atoms. The van der Waals surface area contributed by atoms with Crippen LogP contribution < -0.4 is 0 Å². The maximum Gasteiger partial charge on any atom is 0.329 e. The SMILES string of the molecule is CC(C)C[C@@H]1C(=O)O[C@@H](C(C)C)C(=O)N(C)[C@@H](CC(C)C)C(=O)O[C@H](C(C)C)C(=O)N(C)[C@@H](CC(C)C)C(=O)O[C@H](C(C)C)C(=O)N(C)[C@H](CC(C)C)C(=O)O[C@H](C(C)C)C(=O)N(C)[C@H](CC(C)C)C(=O)O[C@H](C(C)C)C(=O)N1C. The van der Waals surface area contributed by atoms with Crippen LogP contribution >= 0.6 is 0 Å². The number of carbonyl (C=O) groups is 10. The second-order valence-electron chi connectivity index (χ2n) is 26.0. The number of likely N-dealkylation sites (N-methyl/N-ethyl adjacent to an activating group) is 5. The first-order valence-electron chi connectivity index (χ1n) is 29.1. The lowest BCUT2D eigenvalue weighted by Crippen LogP contribution is -2.56. The molecule has 0 N–H and O–H groups in total. The first-order valence-corrected chi connectivity index (χ1v) is 29.1. The van der Waals surface area contributed by atoms with Crippen molar-refractivity contribution in [2.24, 2.45) is 59.2 Å². The maximum absolute atomic E-state index is 14.7. The molecule has 80 heavy (non-hydrogen) atoms. The third-order valence-corrected chi connectivity index (χ3v) is 14.4. The summed E-state index contributed by atoms with van der Waals surface area (Å²) in [5.41, 5.74) is 0. The van der Waals surface area contributed by atoms with Crippen molar-refractivity contribution in [3.05, 3.63) is 0 Å². The topological polar surface area (TPSA) is 233 Å². The average molecular weight is 1140 g/mol. The third kappa shape index (κ3) is 20.6. The van der Waals surface area contributed by atoms with E-state index in [2.05, 4.69) is 0 Å².